The maximum absolute atomic E-state index is 12.5. The average Bonchev–Trinajstić information content (AvgIpc) is 2.62. The molecule has 142 valence electrons. The monoisotopic (exact) mass is 372 g/mol. The number of rotatable bonds is 4. The average molecular weight is 372 g/mol. The molecule has 0 amide bonds. The van der Waals surface area contributed by atoms with Crippen molar-refractivity contribution >= 4 is 22.5 Å². The van der Waals surface area contributed by atoms with Gasteiger partial charge in [0.15, 0.2) is 11.5 Å². The van der Waals surface area contributed by atoms with E-state index in [1.54, 1.807) is 6.92 Å². The largest absolute Gasteiger partial charge is 0.507 e. The summed E-state index contributed by atoms with van der Waals surface area (Å²) in [6.07, 6.45) is 2.25. The highest BCUT2D eigenvalue weighted by atomic mass is 16.6. The molecule has 0 aliphatic carbocycles. The Hall–Kier alpha value is -3.22. The molecule has 7 heteroatoms. The van der Waals surface area contributed by atoms with Gasteiger partial charge in [0.05, 0.1) is 19.8 Å². The fourth-order valence-electron chi connectivity index (χ4n) is 3.37. The smallest absolute Gasteiger partial charge is 0.385 e. The number of allylic oxidation sites excluding steroid dienone is 2. The van der Waals surface area contributed by atoms with E-state index in [1.165, 1.54) is 14.2 Å². The minimum atomic E-state index is -1.18. The molecule has 0 fully saturated rings. The van der Waals surface area contributed by atoms with Crippen LogP contribution in [0.25, 0.3) is 10.8 Å². The molecule has 0 bridgehead atoms. The van der Waals surface area contributed by atoms with Gasteiger partial charge in [-0.3, -0.25) is 4.79 Å². The van der Waals surface area contributed by atoms with E-state index in [2.05, 4.69) is 0 Å². The first-order valence-corrected chi connectivity index (χ1v) is 8.29. The van der Waals surface area contributed by atoms with Gasteiger partial charge < -0.3 is 24.4 Å². The molecule has 2 N–H and O–H groups in total. The lowest BCUT2D eigenvalue weighted by molar-refractivity contribution is -0.129. The third kappa shape index (κ3) is 2.58. The molecule has 0 aromatic heterocycles. The minimum Gasteiger partial charge on any atom is -0.507 e. The number of phenolic OH excluding ortho intramolecular Hbond substituents is 2. The van der Waals surface area contributed by atoms with Gasteiger partial charge in [-0.25, -0.2) is 4.79 Å². The van der Waals surface area contributed by atoms with Gasteiger partial charge in [0.1, 0.15) is 5.75 Å². The number of phenols is 2. The lowest BCUT2D eigenvalue weighted by atomic mass is 9.87. The number of carbonyl (C=O) groups is 2. The molecule has 1 heterocycles. The maximum Gasteiger partial charge on any atom is 0.385 e. The Labute approximate surface area is 155 Å². The van der Waals surface area contributed by atoms with Crippen molar-refractivity contribution in [2.45, 2.75) is 27.2 Å². The van der Waals surface area contributed by atoms with Crippen LogP contribution in [0.3, 0.4) is 0 Å². The van der Waals surface area contributed by atoms with Crippen LogP contribution in [-0.4, -0.2) is 36.2 Å². The molecule has 1 aliphatic rings. The second-order valence-electron chi connectivity index (χ2n) is 6.53. The number of hydrogen-bond acceptors (Lipinski definition) is 7. The van der Waals surface area contributed by atoms with E-state index < -0.39 is 17.5 Å². The highest BCUT2D eigenvalue weighted by Gasteiger charge is 2.38. The summed E-state index contributed by atoms with van der Waals surface area (Å²) in [5.41, 5.74) is 1.95. The van der Waals surface area contributed by atoms with Crippen LogP contribution in [0.15, 0.2) is 11.6 Å². The normalized spacial score (nSPS) is 12.8. The van der Waals surface area contributed by atoms with Crippen molar-refractivity contribution < 1.29 is 34.0 Å². The Morgan fingerprint density at radius 3 is 2.22 bits per heavy atom. The third-order valence-electron chi connectivity index (χ3n) is 4.67. The van der Waals surface area contributed by atoms with Gasteiger partial charge in [-0.15, -0.1) is 0 Å². The first-order valence-electron chi connectivity index (χ1n) is 8.29. The first kappa shape index (κ1) is 18.6. The van der Waals surface area contributed by atoms with Crippen LogP contribution in [0.1, 0.15) is 35.3 Å². The van der Waals surface area contributed by atoms with Gasteiger partial charge in [-0.2, -0.15) is 0 Å². The van der Waals surface area contributed by atoms with Gasteiger partial charge in [0.2, 0.25) is 11.5 Å². The van der Waals surface area contributed by atoms with E-state index in [9.17, 15) is 19.8 Å². The SMILES string of the molecule is COc1c(O)c2c3c(c(O)c(CC=C(C)C)c(C)c3c1OC)C(=O)C(=O)O2. The Morgan fingerprint density at radius 2 is 1.67 bits per heavy atom. The third-order valence-corrected chi connectivity index (χ3v) is 4.67. The second kappa shape index (κ2) is 6.50. The first-order chi connectivity index (χ1) is 12.7. The Bertz CT molecular complexity index is 1030. The number of hydrogen-bond donors (Lipinski definition) is 2. The summed E-state index contributed by atoms with van der Waals surface area (Å²) in [6, 6.07) is 0. The molecule has 3 rings (SSSR count). The van der Waals surface area contributed by atoms with Crippen LogP contribution in [0.2, 0.25) is 0 Å². The Balaban J connectivity index is 2.58. The fourth-order valence-corrected chi connectivity index (χ4v) is 3.37. The zero-order valence-electron chi connectivity index (χ0n) is 15.7. The van der Waals surface area contributed by atoms with Gasteiger partial charge >= 0.3 is 5.97 Å². The van der Waals surface area contributed by atoms with Crippen LogP contribution in [-0.2, 0) is 11.2 Å². The fraction of sp³-hybridized carbons (Fsp3) is 0.300. The summed E-state index contributed by atoms with van der Waals surface area (Å²) in [5, 5.41) is 21.9. The molecule has 7 nitrogen and oxygen atoms in total. The van der Waals surface area contributed by atoms with Crippen molar-refractivity contribution in [2.24, 2.45) is 0 Å². The lowest BCUT2D eigenvalue weighted by Crippen LogP contribution is -2.26. The van der Waals surface area contributed by atoms with E-state index in [0.29, 0.717) is 22.9 Å². The van der Waals surface area contributed by atoms with E-state index >= 15 is 0 Å². The molecule has 27 heavy (non-hydrogen) atoms. The number of carbonyl (C=O) groups excluding carboxylic acids is 2. The molecule has 0 spiro atoms. The van der Waals surface area contributed by atoms with Crippen LogP contribution in [0.5, 0.6) is 28.7 Å². The number of Topliss-reactive ketones (excluding diaryl/α,β-unsaturated/α-hetero) is 1. The number of aryl methyl sites for hydroxylation is 1. The summed E-state index contributed by atoms with van der Waals surface area (Å²) in [7, 11) is 2.74. The molecule has 0 atom stereocenters. The highest BCUT2D eigenvalue weighted by Crippen LogP contribution is 2.55. The number of benzene rings is 2. The number of methoxy groups -OCH3 is 2. The molecule has 0 saturated carbocycles. The van der Waals surface area contributed by atoms with E-state index in [0.717, 1.165) is 5.57 Å². The van der Waals surface area contributed by atoms with Crippen molar-refractivity contribution in [3.8, 4) is 28.7 Å². The predicted molar refractivity (Wildman–Crippen MR) is 98.2 cm³/mol. The van der Waals surface area contributed by atoms with Crippen LogP contribution >= 0.6 is 0 Å². The quantitative estimate of drug-likeness (QED) is 0.368. The minimum absolute atomic E-state index is 0.0185. The number of ether oxygens (including phenoxy) is 3. The van der Waals surface area contributed by atoms with Crippen LogP contribution < -0.4 is 14.2 Å². The van der Waals surface area contributed by atoms with Crippen molar-refractivity contribution in [1.29, 1.82) is 0 Å². The summed E-state index contributed by atoms with van der Waals surface area (Å²) < 4.78 is 15.7. The van der Waals surface area contributed by atoms with E-state index in [-0.39, 0.29) is 33.9 Å². The second-order valence-corrected chi connectivity index (χ2v) is 6.53. The molecular formula is C20H20O7. The topological polar surface area (TPSA) is 102 Å². The van der Waals surface area contributed by atoms with Gasteiger partial charge in [0, 0.05) is 16.3 Å². The Morgan fingerprint density at radius 1 is 1.04 bits per heavy atom. The van der Waals surface area contributed by atoms with Crippen molar-refractivity contribution in [2.75, 3.05) is 14.2 Å². The van der Waals surface area contributed by atoms with Gasteiger partial charge in [-0.05, 0) is 32.8 Å². The summed E-state index contributed by atoms with van der Waals surface area (Å²) in [5.74, 6) is -2.98. The number of aromatic hydroxyl groups is 2. The summed E-state index contributed by atoms with van der Waals surface area (Å²) in [4.78, 5) is 24.5. The van der Waals surface area contributed by atoms with Crippen molar-refractivity contribution in [3.63, 3.8) is 0 Å². The molecule has 0 unspecified atom stereocenters. The molecule has 2 aromatic rings. The number of ketones is 1. The van der Waals surface area contributed by atoms with Crippen LogP contribution in [0.4, 0.5) is 0 Å². The zero-order chi connectivity index (χ0) is 20.0. The summed E-state index contributed by atoms with van der Waals surface area (Å²) >= 11 is 0. The highest BCUT2D eigenvalue weighted by molar-refractivity contribution is 6.46. The zero-order valence-corrected chi connectivity index (χ0v) is 15.7. The van der Waals surface area contributed by atoms with Gasteiger partial charge in [-0.1, -0.05) is 11.6 Å². The van der Waals surface area contributed by atoms with Crippen molar-refractivity contribution in [3.05, 3.63) is 28.3 Å². The molecule has 0 radical (unpaired) electrons. The van der Waals surface area contributed by atoms with E-state index in [4.69, 9.17) is 14.2 Å². The summed E-state index contributed by atoms with van der Waals surface area (Å²) in [6.45, 7) is 5.59. The molecular weight excluding hydrogens is 352 g/mol. The van der Waals surface area contributed by atoms with Crippen LogP contribution in [0, 0.1) is 6.92 Å². The molecule has 2 aromatic carbocycles. The maximum atomic E-state index is 12.5. The van der Waals surface area contributed by atoms with Crippen molar-refractivity contribution in [1.82, 2.24) is 0 Å². The standard InChI is InChI=1S/C20H20O7/c1-8(2)6-7-10-9(3)11-12-13(14(10)21)15(22)20(24)27-17(12)16(23)19(26-5)18(11)25-4/h6,21,23H,7H2,1-5H3. The molecule has 0 saturated heterocycles. The number of esters is 1. The lowest BCUT2D eigenvalue weighted by Gasteiger charge is -2.24. The van der Waals surface area contributed by atoms with E-state index in [1.807, 2.05) is 19.9 Å². The predicted octanol–water partition coefficient (Wildman–Crippen LogP) is 3.19. The van der Waals surface area contributed by atoms with Gasteiger partial charge in [0.25, 0.3) is 5.78 Å². The Kier molecular flexibility index (Phi) is 4.47. The molecule has 1 aliphatic heterocycles.